The van der Waals surface area contributed by atoms with Crippen LogP contribution in [0.3, 0.4) is 0 Å². The van der Waals surface area contributed by atoms with Gasteiger partial charge >= 0.3 is 0 Å². The van der Waals surface area contributed by atoms with Crippen LogP contribution in [0, 0.1) is 13.8 Å². The number of methoxy groups -OCH3 is 1. The number of aryl methyl sites for hydroxylation is 3. The Morgan fingerprint density at radius 2 is 2.13 bits per heavy atom. The molecule has 2 N–H and O–H groups in total. The number of nitrogens with one attached hydrogen (secondary N) is 2. The quantitative estimate of drug-likeness (QED) is 0.733. The summed E-state index contributed by atoms with van der Waals surface area (Å²) in [6, 6.07) is 6.28. The average Bonchev–Trinajstić information content (AvgIpc) is 3.14. The van der Waals surface area contributed by atoms with Crippen molar-refractivity contribution in [2.45, 2.75) is 26.4 Å². The lowest BCUT2D eigenvalue weighted by molar-refractivity contribution is 0.162. The summed E-state index contributed by atoms with van der Waals surface area (Å²) in [5, 5.41) is 7.72. The first-order chi connectivity index (χ1) is 11.1. The van der Waals surface area contributed by atoms with Crippen LogP contribution in [-0.2, 0) is 18.3 Å². The van der Waals surface area contributed by atoms with Crippen LogP contribution in [0.1, 0.15) is 28.7 Å². The number of hydrogen-bond donors (Lipinski definition) is 2. The fourth-order valence-electron chi connectivity index (χ4n) is 2.81. The summed E-state index contributed by atoms with van der Waals surface area (Å²) < 4.78 is 7.19. The van der Waals surface area contributed by atoms with Crippen molar-refractivity contribution < 1.29 is 4.74 Å². The fraction of sp³-hybridized carbons (Fsp3) is 0.412. The molecule has 1 atom stereocenters. The fourth-order valence-corrected chi connectivity index (χ4v) is 2.81. The minimum atomic E-state index is 0.0727. The monoisotopic (exact) mass is 313 g/mol. The molecule has 3 rings (SSSR count). The number of aromatic amines is 1. The maximum Gasteiger partial charge on any atom is 0.121 e. The zero-order chi connectivity index (χ0) is 16.4. The normalized spacial score (nSPS) is 12.9. The molecule has 6 nitrogen and oxygen atoms in total. The number of ether oxygens (including phenoxy) is 1. The molecule has 1 aromatic carbocycles. The number of aromatic nitrogens is 4. The topological polar surface area (TPSA) is 67.8 Å². The van der Waals surface area contributed by atoms with Crippen molar-refractivity contribution in [3.05, 3.63) is 47.0 Å². The Labute approximate surface area is 135 Å². The summed E-state index contributed by atoms with van der Waals surface area (Å²) in [4.78, 5) is 8.11. The van der Waals surface area contributed by atoms with Crippen molar-refractivity contribution in [1.29, 1.82) is 0 Å². The molecule has 0 saturated heterocycles. The van der Waals surface area contributed by atoms with Crippen LogP contribution in [0.4, 0.5) is 0 Å². The van der Waals surface area contributed by atoms with Gasteiger partial charge in [0.15, 0.2) is 0 Å². The lowest BCUT2D eigenvalue weighted by Gasteiger charge is -2.17. The number of benzene rings is 1. The lowest BCUT2D eigenvalue weighted by atomic mass is 10.1. The van der Waals surface area contributed by atoms with Gasteiger partial charge in [-0.1, -0.05) is 6.07 Å². The summed E-state index contributed by atoms with van der Waals surface area (Å²) in [7, 11) is 3.64. The Hall–Kier alpha value is -2.18. The molecule has 122 valence electrons. The van der Waals surface area contributed by atoms with Gasteiger partial charge in [-0.25, -0.2) is 4.98 Å². The molecule has 0 bridgehead atoms. The minimum absolute atomic E-state index is 0.0727. The van der Waals surface area contributed by atoms with E-state index >= 15 is 0 Å². The smallest absolute Gasteiger partial charge is 0.121 e. The van der Waals surface area contributed by atoms with Crippen LogP contribution in [0.2, 0.25) is 0 Å². The second kappa shape index (κ2) is 6.52. The van der Waals surface area contributed by atoms with Crippen LogP contribution in [0.15, 0.2) is 24.4 Å². The molecule has 0 aliphatic carbocycles. The summed E-state index contributed by atoms with van der Waals surface area (Å²) in [5.74, 6) is 0.928. The minimum Gasteiger partial charge on any atom is -0.383 e. The highest BCUT2D eigenvalue weighted by molar-refractivity contribution is 5.79. The molecule has 2 aromatic heterocycles. The first kappa shape index (κ1) is 15.7. The number of nitrogens with zero attached hydrogens (tertiary/aromatic N) is 3. The van der Waals surface area contributed by atoms with E-state index in [1.54, 1.807) is 13.3 Å². The lowest BCUT2D eigenvalue weighted by Crippen LogP contribution is -2.27. The van der Waals surface area contributed by atoms with E-state index in [1.807, 2.05) is 17.8 Å². The number of hydrogen-bond acceptors (Lipinski definition) is 4. The van der Waals surface area contributed by atoms with Gasteiger partial charge in [-0.05, 0) is 37.1 Å². The van der Waals surface area contributed by atoms with E-state index in [-0.39, 0.29) is 6.04 Å². The van der Waals surface area contributed by atoms with Crippen LogP contribution in [0.25, 0.3) is 11.0 Å². The first-order valence-electron chi connectivity index (χ1n) is 7.75. The summed E-state index contributed by atoms with van der Waals surface area (Å²) >= 11 is 0. The maximum absolute atomic E-state index is 5.33. The molecule has 0 radical (unpaired) electrons. The first-order valence-corrected chi connectivity index (χ1v) is 7.75. The van der Waals surface area contributed by atoms with E-state index in [1.165, 1.54) is 11.1 Å². The van der Waals surface area contributed by atoms with Crippen molar-refractivity contribution in [1.82, 2.24) is 25.1 Å². The van der Waals surface area contributed by atoms with Gasteiger partial charge < -0.3 is 9.72 Å². The second-order valence-corrected chi connectivity index (χ2v) is 5.86. The average molecular weight is 313 g/mol. The zero-order valence-electron chi connectivity index (χ0n) is 14.1. The van der Waals surface area contributed by atoms with Crippen molar-refractivity contribution in [2.75, 3.05) is 13.7 Å². The van der Waals surface area contributed by atoms with Gasteiger partial charge in [0, 0.05) is 20.4 Å². The van der Waals surface area contributed by atoms with Crippen LogP contribution in [-0.4, -0.2) is 33.5 Å². The maximum atomic E-state index is 5.33. The largest absolute Gasteiger partial charge is 0.383 e. The van der Waals surface area contributed by atoms with Crippen molar-refractivity contribution in [2.24, 2.45) is 7.05 Å². The van der Waals surface area contributed by atoms with Gasteiger partial charge in [-0.15, -0.1) is 0 Å². The number of rotatable bonds is 6. The number of imidazole rings is 1. The molecule has 0 fully saturated rings. The molecule has 0 aliphatic heterocycles. The van der Waals surface area contributed by atoms with E-state index in [2.05, 4.69) is 41.4 Å². The zero-order valence-corrected chi connectivity index (χ0v) is 14.1. The van der Waals surface area contributed by atoms with Gasteiger partial charge in [-0.2, -0.15) is 5.10 Å². The predicted octanol–water partition coefficient (Wildman–Crippen LogP) is 2.39. The van der Waals surface area contributed by atoms with Crippen LogP contribution in [0.5, 0.6) is 0 Å². The molecule has 0 amide bonds. The summed E-state index contributed by atoms with van der Waals surface area (Å²) in [6.45, 7) is 5.45. The molecule has 3 aromatic rings. The van der Waals surface area contributed by atoms with E-state index in [4.69, 9.17) is 9.72 Å². The van der Waals surface area contributed by atoms with Crippen molar-refractivity contribution in [3.63, 3.8) is 0 Å². The standard InChI is InChI=1S/C17H23N5O/c1-11-5-6-13-17(12(11)2)21-16(20-13)9-18-14(10-23-4)15-7-8-19-22(15)3/h5-8,14,18H,9-10H2,1-4H3,(H,20,21)/t14-/m0/s1. The van der Waals surface area contributed by atoms with Gasteiger partial charge in [-0.3, -0.25) is 10.00 Å². The molecule has 2 heterocycles. The van der Waals surface area contributed by atoms with E-state index < -0.39 is 0 Å². The highest BCUT2D eigenvalue weighted by Gasteiger charge is 2.15. The highest BCUT2D eigenvalue weighted by Crippen LogP contribution is 2.20. The van der Waals surface area contributed by atoms with Crippen LogP contribution < -0.4 is 5.32 Å². The molecule has 0 unspecified atom stereocenters. The Bertz CT molecular complexity index is 805. The van der Waals surface area contributed by atoms with Gasteiger partial charge in [0.25, 0.3) is 0 Å². The molecular weight excluding hydrogens is 290 g/mol. The van der Waals surface area contributed by atoms with Crippen molar-refractivity contribution >= 4 is 11.0 Å². The van der Waals surface area contributed by atoms with Gasteiger partial charge in [0.2, 0.25) is 0 Å². The summed E-state index contributed by atoms with van der Waals surface area (Å²) in [5.41, 5.74) is 5.70. The highest BCUT2D eigenvalue weighted by atomic mass is 16.5. The molecule has 0 aliphatic rings. The molecule has 0 spiro atoms. The van der Waals surface area contributed by atoms with E-state index in [9.17, 15) is 0 Å². The van der Waals surface area contributed by atoms with E-state index in [0.29, 0.717) is 13.2 Å². The van der Waals surface area contributed by atoms with Gasteiger partial charge in [0.1, 0.15) is 5.82 Å². The Kier molecular flexibility index (Phi) is 4.45. The molecular formula is C17H23N5O. The number of fused-ring (bicyclic) bond motifs is 1. The summed E-state index contributed by atoms with van der Waals surface area (Å²) in [6.07, 6.45) is 1.80. The molecule has 23 heavy (non-hydrogen) atoms. The van der Waals surface area contributed by atoms with Gasteiger partial charge in [0.05, 0.1) is 35.9 Å². The molecule has 0 saturated carbocycles. The Morgan fingerprint density at radius 3 is 2.83 bits per heavy atom. The SMILES string of the molecule is COC[C@H](NCc1nc2c(C)c(C)ccc2[nH]1)c1ccnn1C. The third kappa shape index (κ3) is 3.13. The van der Waals surface area contributed by atoms with Crippen molar-refractivity contribution in [3.8, 4) is 0 Å². The Balaban J connectivity index is 1.78. The van der Waals surface area contributed by atoms with E-state index in [0.717, 1.165) is 22.6 Å². The number of H-pyrrole nitrogens is 1. The predicted molar refractivity (Wildman–Crippen MR) is 90.2 cm³/mol. The third-order valence-electron chi connectivity index (χ3n) is 4.29. The Morgan fingerprint density at radius 1 is 1.30 bits per heavy atom. The van der Waals surface area contributed by atoms with Crippen LogP contribution >= 0.6 is 0 Å². The second-order valence-electron chi connectivity index (χ2n) is 5.86. The third-order valence-corrected chi connectivity index (χ3v) is 4.29. The molecule has 6 heteroatoms.